The van der Waals surface area contributed by atoms with Crippen molar-refractivity contribution in [1.82, 2.24) is 4.90 Å². The van der Waals surface area contributed by atoms with Crippen molar-refractivity contribution in [3.63, 3.8) is 0 Å². The van der Waals surface area contributed by atoms with Crippen LogP contribution < -0.4 is 69.3 Å². The van der Waals surface area contributed by atoms with Gasteiger partial charge < -0.3 is 24.7 Å². The first-order chi connectivity index (χ1) is 9.97. The molecule has 0 atom stereocenters. The van der Waals surface area contributed by atoms with Crippen molar-refractivity contribution in [2.24, 2.45) is 0 Å². The average Bonchev–Trinajstić information content (AvgIpc) is 2.39. The monoisotopic (exact) mass is 345 g/mol. The second-order valence-corrected chi connectivity index (χ2v) is 5.22. The maximum Gasteiger partial charge on any atom is 1.00 e. The smallest absolute Gasteiger partial charge is 0.548 e. The molecule has 0 saturated carbocycles. The summed E-state index contributed by atoms with van der Waals surface area (Å²) < 4.78 is 0. The summed E-state index contributed by atoms with van der Waals surface area (Å²) in [5, 5.41) is 21.0. The summed E-state index contributed by atoms with van der Waals surface area (Å²) in [4.78, 5) is 33.4. The molecule has 0 bridgehead atoms. The van der Waals surface area contributed by atoms with Crippen molar-refractivity contribution in [2.75, 3.05) is 13.1 Å². The van der Waals surface area contributed by atoms with E-state index < -0.39 is 30.9 Å². The Morgan fingerprint density at radius 3 is 1.52 bits per heavy atom. The van der Waals surface area contributed by atoms with E-state index in [0.29, 0.717) is 6.42 Å². The fraction of sp³-hybridized carbons (Fsp3) is 0.800. The van der Waals surface area contributed by atoms with Crippen LogP contribution >= 0.6 is 0 Å². The molecule has 0 fully saturated rings. The molecule has 0 aliphatic heterocycles. The largest absolute Gasteiger partial charge is 1.00 e. The zero-order valence-corrected chi connectivity index (χ0v) is 18.8. The van der Waals surface area contributed by atoms with Crippen LogP contribution in [0.1, 0.15) is 64.7 Å². The third-order valence-electron chi connectivity index (χ3n) is 3.24. The van der Waals surface area contributed by atoms with Gasteiger partial charge in [-0.15, -0.1) is 0 Å². The number of rotatable bonds is 13. The van der Waals surface area contributed by atoms with Crippen LogP contribution in [0.4, 0.5) is 0 Å². The van der Waals surface area contributed by atoms with Crippen LogP contribution in [0.25, 0.3) is 0 Å². The Morgan fingerprint density at radius 2 is 1.13 bits per heavy atom. The Labute approximate surface area is 183 Å². The van der Waals surface area contributed by atoms with E-state index in [0.717, 1.165) is 24.2 Å². The van der Waals surface area contributed by atoms with Crippen LogP contribution in [0, 0.1) is 0 Å². The predicted octanol–water partition coefficient (Wildman–Crippen LogP) is -6.15. The van der Waals surface area contributed by atoms with Crippen molar-refractivity contribution in [3.8, 4) is 0 Å². The van der Waals surface area contributed by atoms with Gasteiger partial charge in [-0.05, 0) is 6.42 Å². The minimum atomic E-state index is -1.47. The summed E-state index contributed by atoms with van der Waals surface area (Å²) in [7, 11) is 0. The molecule has 0 rings (SSSR count). The van der Waals surface area contributed by atoms with Gasteiger partial charge in [0.2, 0.25) is 5.91 Å². The van der Waals surface area contributed by atoms with Crippen LogP contribution in [0.2, 0.25) is 0 Å². The zero-order chi connectivity index (χ0) is 16.1. The minimum absolute atomic E-state index is 0. The van der Waals surface area contributed by atoms with E-state index >= 15 is 0 Å². The Hall–Kier alpha value is 0.410. The van der Waals surface area contributed by atoms with E-state index in [4.69, 9.17) is 0 Å². The van der Waals surface area contributed by atoms with Crippen molar-refractivity contribution in [1.29, 1.82) is 0 Å². The summed E-state index contributed by atoms with van der Waals surface area (Å²) in [5.74, 6) is -3.42. The van der Waals surface area contributed by atoms with E-state index in [1.807, 2.05) is 0 Å². The molecular formula is C15H25NNa2O5. The molecule has 0 heterocycles. The van der Waals surface area contributed by atoms with Gasteiger partial charge in [-0.25, -0.2) is 0 Å². The van der Waals surface area contributed by atoms with Crippen LogP contribution in [0.15, 0.2) is 0 Å². The molecule has 0 aliphatic carbocycles. The van der Waals surface area contributed by atoms with Crippen molar-refractivity contribution >= 4 is 17.8 Å². The van der Waals surface area contributed by atoms with Crippen LogP contribution in [0.5, 0.6) is 0 Å². The number of carboxylic acids is 2. The average molecular weight is 345 g/mol. The van der Waals surface area contributed by atoms with Gasteiger partial charge in [0.1, 0.15) is 0 Å². The second-order valence-electron chi connectivity index (χ2n) is 5.22. The summed E-state index contributed by atoms with van der Waals surface area (Å²) >= 11 is 0. The van der Waals surface area contributed by atoms with E-state index in [-0.39, 0.29) is 65.5 Å². The molecule has 6 nitrogen and oxygen atoms in total. The fourth-order valence-electron chi connectivity index (χ4n) is 2.11. The topological polar surface area (TPSA) is 101 Å². The molecule has 0 aliphatic rings. The van der Waals surface area contributed by atoms with Crippen LogP contribution in [0.3, 0.4) is 0 Å². The molecular weight excluding hydrogens is 320 g/mol. The number of carbonyl (C=O) groups excluding carboxylic acids is 3. The summed E-state index contributed by atoms with van der Waals surface area (Å²) in [5.41, 5.74) is 0. The minimum Gasteiger partial charge on any atom is -0.548 e. The van der Waals surface area contributed by atoms with Crippen molar-refractivity contribution in [2.45, 2.75) is 64.7 Å². The number of nitrogens with zero attached hydrogens (tertiary/aromatic N) is 1. The maximum atomic E-state index is 11.7. The number of carbonyl (C=O) groups is 3. The molecule has 23 heavy (non-hydrogen) atoms. The molecule has 0 N–H and O–H groups in total. The van der Waals surface area contributed by atoms with Crippen molar-refractivity contribution in [3.05, 3.63) is 0 Å². The number of hydrogen-bond donors (Lipinski definition) is 0. The molecule has 0 saturated heterocycles. The van der Waals surface area contributed by atoms with Gasteiger partial charge >= 0.3 is 59.1 Å². The molecule has 0 aromatic carbocycles. The zero-order valence-electron chi connectivity index (χ0n) is 14.8. The molecule has 0 unspecified atom stereocenters. The number of amides is 1. The number of hydrogen-bond acceptors (Lipinski definition) is 5. The van der Waals surface area contributed by atoms with Gasteiger partial charge in [-0.3, -0.25) is 4.79 Å². The van der Waals surface area contributed by atoms with Gasteiger partial charge in [0.05, 0.1) is 25.0 Å². The predicted molar refractivity (Wildman–Crippen MR) is 73.8 cm³/mol. The Bertz CT molecular complexity index is 324. The maximum absolute atomic E-state index is 11.7. The van der Waals surface area contributed by atoms with E-state index in [2.05, 4.69) is 6.92 Å². The molecule has 0 aromatic rings. The first kappa shape index (κ1) is 28.2. The van der Waals surface area contributed by atoms with Crippen LogP contribution in [-0.4, -0.2) is 35.8 Å². The van der Waals surface area contributed by atoms with Gasteiger partial charge in [-0.2, -0.15) is 0 Å². The molecule has 8 heteroatoms. The molecule has 0 aromatic heterocycles. The van der Waals surface area contributed by atoms with Gasteiger partial charge in [0, 0.05) is 6.42 Å². The Balaban J connectivity index is -0.00000200. The second kappa shape index (κ2) is 18.7. The number of unbranched alkanes of at least 4 members (excludes halogenated alkanes) is 7. The first-order valence-electron chi connectivity index (χ1n) is 7.64. The number of aliphatic carboxylic acids is 2. The van der Waals surface area contributed by atoms with E-state index in [1.165, 1.54) is 25.7 Å². The molecule has 1 amide bonds. The SMILES string of the molecule is CCCCCCCCCCC(=O)N(CC(=O)[O-])CC(=O)[O-].[Na+].[Na+]. The van der Waals surface area contributed by atoms with Gasteiger partial charge in [0.15, 0.2) is 0 Å². The number of carboxylic acid groups (broad SMARTS) is 2. The third-order valence-corrected chi connectivity index (χ3v) is 3.24. The third kappa shape index (κ3) is 18.6. The molecule has 0 spiro atoms. The summed E-state index contributed by atoms with van der Waals surface area (Å²) in [6.07, 6.45) is 8.76. The fourth-order valence-corrected chi connectivity index (χ4v) is 2.11. The molecule has 0 radical (unpaired) electrons. The Kier molecular flexibility index (Phi) is 23.0. The summed E-state index contributed by atoms with van der Waals surface area (Å²) in [6.45, 7) is 0.754. The van der Waals surface area contributed by atoms with Crippen LogP contribution in [-0.2, 0) is 14.4 Å². The summed E-state index contributed by atoms with van der Waals surface area (Å²) in [6, 6.07) is 0. The quantitative estimate of drug-likeness (QED) is 0.244. The van der Waals surface area contributed by atoms with Crippen molar-refractivity contribution < 1.29 is 83.7 Å². The van der Waals surface area contributed by atoms with Gasteiger partial charge in [0.25, 0.3) is 0 Å². The normalized spacial score (nSPS) is 9.43. The standard InChI is InChI=1S/C15H27NO5.2Na/c1-2-3-4-5-6-7-8-9-10-13(17)16(11-14(18)19)12-15(20)21;;/h2-12H2,1H3,(H,18,19)(H,20,21);;/q;2*+1/p-2. The van der Waals surface area contributed by atoms with Gasteiger partial charge in [-0.1, -0.05) is 51.9 Å². The molecule has 122 valence electrons. The van der Waals surface area contributed by atoms with E-state index in [9.17, 15) is 24.6 Å². The Morgan fingerprint density at radius 1 is 0.739 bits per heavy atom. The van der Waals surface area contributed by atoms with E-state index in [1.54, 1.807) is 0 Å². The first-order valence-corrected chi connectivity index (χ1v) is 7.64.